The van der Waals surface area contributed by atoms with Gasteiger partial charge in [-0.15, -0.1) is 0 Å². The van der Waals surface area contributed by atoms with Crippen molar-refractivity contribution in [2.24, 2.45) is 0 Å². The summed E-state index contributed by atoms with van der Waals surface area (Å²) in [7, 11) is 1.31. The van der Waals surface area contributed by atoms with Gasteiger partial charge in [-0.3, -0.25) is 14.9 Å². The van der Waals surface area contributed by atoms with Crippen molar-refractivity contribution in [3.8, 4) is 0 Å². The Morgan fingerprint density at radius 3 is 2.88 bits per heavy atom. The molecule has 0 amide bonds. The number of ether oxygens (including phenoxy) is 1. The van der Waals surface area contributed by atoms with Gasteiger partial charge in [-0.05, 0) is 12.1 Å². The second-order valence-corrected chi connectivity index (χ2v) is 2.88. The summed E-state index contributed by atoms with van der Waals surface area (Å²) in [6, 6.07) is 2.86. The van der Waals surface area contributed by atoms with Crippen LogP contribution in [0.1, 0.15) is 12.1 Å². The minimum Gasteiger partial charge on any atom is -0.469 e. The van der Waals surface area contributed by atoms with Gasteiger partial charge in [0.15, 0.2) is 0 Å². The number of hydrogen-bond acceptors (Lipinski definition) is 5. The van der Waals surface area contributed by atoms with E-state index in [1.54, 1.807) is 12.2 Å². The Kier molecular flexibility index (Phi) is 4.14. The molecule has 1 aromatic heterocycles. The van der Waals surface area contributed by atoms with Crippen molar-refractivity contribution in [2.45, 2.75) is 6.42 Å². The van der Waals surface area contributed by atoms with Crippen LogP contribution in [0.5, 0.6) is 0 Å². The molecule has 0 aromatic carbocycles. The third-order valence-corrected chi connectivity index (χ3v) is 1.78. The van der Waals surface area contributed by atoms with Crippen LogP contribution in [-0.4, -0.2) is 23.0 Å². The summed E-state index contributed by atoms with van der Waals surface area (Å²) in [5.74, 6) is -0.349. The highest BCUT2D eigenvalue weighted by atomic mass is 16.6. The standard InChI is InChI=1S/C10H10N2O4/c1-16-10(13)4-2-3-8-5-6-9(7-11-8)12(14)15/h2-3,5-7H,4H2,1H3. The molecule has 0 aliphatic carbocycles. The molecule has 0 unspecified atom stereocenters. The van der Waals surface area contributed by atoms with Crippen LogP contribution >= 0.6 is 0 Å². The van der Waals surface area contributed by atoms with Gasteiger partial charge >= 0.3 is 5.97 Å². The average molecular weight is 222 g/mol. The molecule has 0 aliphatic rings. The summed E-state index contributed by atoms with van der Waals surface area (Å²) in [5, 5.41) is 10.3. The van der Waals surface area contributed by atoms with Crippen molar-refractivity contribution < 1.29 is 14.5 Å². The lowest BCUT2D eigenvalue weighted by Crippen LogP contribution is -1.96. The fourth-order valence-electron chi connectivity index (χ4n) is 0.963. The summed E-state index contributed by atoms with van der Waals surface area (Å²) in [4.78, 5) is 24.4. The molecule has 1 rings (SSSR count). The average Bonchev–Trinajstić information content (AvgIpc) is 2.29. The number of esters is 1. The molecule has 16 heavy (non-hydrogen) atoms. The van der Waals surface area contributed by atoms with E-state index >= 15 is 0 Å². The number of nitro groups is 1. The van der Waals surface area contributed by atoms with Crippen LogP contribution in [0.2, 0.25) is 0 Å². The maximum absolute atomic E-state index is 10.8. The smallest absolute Gasteiger partial charge is 0.309 e. The number of pyridine rings is 1. The van der Waals surface area contributed by atoms with Crippen LogP contribution in [0.3, 0.4) is 0 Å². The molecule has 0 N–H and O–H groups in total. The van der Waals surface area contributed by atoms with E-state index in [0.29, 0.717) is 5.69 Å². The van der Waals surface area contributed by atoms with Crippen LogP contribution < -0.4 is 0 Å². The van der Waals surface area contributed by atoms with Gasteiger partial charge in [0.1, 0.15) is 6.20 Å². The number of nitrogens with zero attached hydrogens (tertiary/aromatic N) is 2. The zero-order valence-corrected chi connectivity index (χ0v) is 8.62. The van der Waals surface area contributed by atoms with E-state index in [1.807, 2.05) is 0 Å². The number of hydrogen-bond donors (Lipinski definition) is 0. The Balaban J connectivity index is 2.61. The minimum absolute atomic E-state index is 0.0647. The first-order chi connectivity index (χ1) is 7.63. The van der Waals surface area contributed by atoms with Gasteiger partial charge in [-0.25, -0.2) is 4.98 Å². The van der Waals surface area contributed by atoms with Crippen molar-refractivity contribution in [2.75, 3.05) is 7.11 Å². The van der Waals surface area contributed by atoms with Crippen molar-refractivity contribution in [1.29, 1.82) is 0 Å². The third kappa shape index (κ3) is 3.49. The van der Waals surface area contributed by atoms with E-state index in [-0.39, 0.29) is 18.1 Å². The largest absolute Gasteiger partial charge is 0.469 e. The number of methoxy groups -OCH3 is 1. The van der Waals surface area contributed by atoms with Crippen molar-refractivity contribution in [3.05, 3.63) is 40.2 Å². The molecule has 0 aliphatic heterocycles. The molecular formula is C10H10N2O4. The predicted octanol–water partition coefficient (Wildman–Crippen LogP) is 1.57. The number of rotatable bonds is 4. The van der Waals surface area contributed by atoms with Gasteiger partial charge < -0.3 is 4.74 Å². The second-order valence-electron chi connectivity index (χ2n) is 2.88. The van der Waals surface area contributed by atoms with Gasteiger partial charge in [0.25, 0.3) is 5.69 Å². The summed E-state index contributed by atoms with van der Waals surface area (Å²) in [5.41, 5.74) is 0.486. The maximum Gasteiger partial charge on any atom is 0.309 e. The first-order valence-corrected chi connectivity index (χ1v) is 4.47. The number of carbonyl (C=O) groups excluding carboxylic acids is 1. The molecule has 0 fully saturated rings. The van der Waals surface area contributed by atoms with Crippen LogP contribution in [0.15, 0.2) is 24.4 Å². The highest BCUT2D eigenvalue weighted by Crippen LogP contribution is 2.09. The molecule has 0 atom stereocenters. The predicted molar refractivity (Wildman–Crippen MR) is 56.6 cm³/mol. The maximum atomic E-state index is 10.8. The van der Waals surface area contributed by atoms with Crippen LogP contribution in [-0.2, 0) is 9.53 Å². The Morgan fingerprint density at radius 1 is 1.62 bits per heavy atom. The zero-order valence-electron chi connectivity index (χ0n) is 8.62. The van der Waals surface area contributed by atoms with Crippen molar-refractivity contribution >= 4 is 17.7 Å². The van der Waals surface area contributed by atoms with E-state index in [2.05, 4.69) is 9.72 Å². The van der Waals surface area contributed by atoms with Gasteiger partial charge in [0.05, 0.1) is 24.1 Å². The Morgan fingerprint density at radius 2 is 2.38 bits per heavy atom. The van der Waals surface area contributed by atoms with E-state index in [1.165, 1.54) is 19.2 Å². The van der Waals surface area contributed by atoms with E-state index in [9.17, 15) is 14.9 Å². The number of carbonyl (C=O) groups is 1. The lowest BCUT2D eigenvalue weighted by molar-refractivity contribution is -0.385. The number of aromatic nitrogens is 1. The summed E-state index contributed by atoms with van der Waals surface area (Å²) in [6.07, 6.45) is 4.49. The Labute approximate surface area is 91.7 Å². The Hall–Kier alpha value is -2.24. The topological polar surface area (TPSA) is 82.3 Å². The van der Waals surface area contributed by atoms with Gasteiger partial charge in [-0.1, -0.05) is 6.08 Å². The highest BCUT2D eigenvalue weighted by Gasteiger charge is 2.03. The van der Waals surface area contributed by atoms with Crippen molar-refractivity contribution in [3.63, 3.8) is 0 Å². The first-order valence-electron chi connectivity index (χ1n) is 4.47. The molecule has 0 radical (unpaired) electrons. The molecule has 1 aromatic rings. The molecule has 6 nitrogen and oxygen atoms in total. The molecule has 0 saturated heterocycles. The van der Waals surface area contributed by atoms with Crippen LogP contribution in [0.25, 0.3) is 6.08 Å². The molecule has 0 bridgehead atoms. The molecule has 6 heteroatoms. The lowest BCUT2D eigenvalue weighted by Gasteiger charge is -1.93. The molecule has 0 spiro atoms. The summed E-state index contributed by atoms with van der Waals surface area (Å²) < 4.78 is 4.44. The monoisotopic (exact) mass is 222 g/mol. The van der Waals surface area contributed by atoms with E-state index in [4.69, 9.17) is 0 Å². The fourth-order valence-corrected chi connectivity index (χ4v) is 0.963. The fraction of sp³-hybridized carbons (Fsp3) is 0.200. The second kappa shape index (κ2) is 5.59. The Bertz CT molecular complexity index is 411. The van der Waals surface area contributed by atoms with Crippen LogP contribution in [0.4, 0.5) is 5.69 Å². The molecule has 1 heterocycles. The SMILES string of the molecule is COC(=O)CC=Cc1ccc([N+](=O)[O-])cn1. The molecular weight excluding hydrogens is 212 g/mol. The first kappa shape index (κ1) is 11.8. The van der Waals surface area contributed by atoms with Gasteiger partial charge in [0, 0.05) is 6.07 Å². The third-order valence-electron chi connectivity index (χ3n) is 1.78. The van der Waals surface area contributed by atoms with Gasteiger partial charge in [0.2, 0.25) is 0 Å². The van der Waals surface area contributed by atoms with Crippen LogP contribution in [0, 0.1) is 10.1 Å². The van der Waals surface area contributed by atoms with Crippen molar-refractivity contribution in [1.82, 2.24) is 4.98 Å². The minimum atomic E-state index is -0.519. The molecule has 84 valence electrons. The van der Waals surface area contributed by atoms with E-state index in [0.717, 1.165) is 6.20 Å². The normalized spacial score (nSPS) is 10.3. The van der Waals surface area contributed by atoms with Gasteiger partial charge in [-0.2, -0.15) is 0 Å². The highest BCUT2D eigenvalue weighted by molar-refractivity contribution is 5.72. The summed E-state index contributed by atoms with van der Waals surface area (Å²) >= 11 is 0. The summed E-state index contributed by atoms with van der Waals surface area (Å²) in [6.45, 7) is 0. The van der Waals surface area contributed by atoms with E-state index < -0.39 is 4.92 Å². The lowest BCUT2D eigenvalue weighted by atomic mass is 10.3. The zero-order chi connectivity index (χ0) is 12.0. The molecule has 0 saturated carbocycles. The quantitative estimate of drug-likeness (QED) is 0.438.